The predicted molar refractivity (Wildman–Crippen MR) is 36.7 cm³/mol. The molecule has 5 heteroatoms. The minimum absolute atomic E-state index is 0. The first-order valence-electron chi connectivity index (χ1n) is 2.93. The summed E-state index contributed by atoms with van der Waals surface area (Å²) in [5.41, 5.74) is 0. The molecule has 0 aromatic heterocycles. The van der Waals surface area contributed by atoms with Gasteiger partial charge >= 0.3 is 35.5 Å². The molecule has 0 radical (unpaired) electrons. The summed E-state index contributed by atoms with van der Waals surface area (Å²) in [5, 5.41) is 8.41. The van der Waals surface area contributed by atoms with Crippen molar-refractivity contribution in [3.8, 4) is 0 Å². The molecule has 1 amide bonds. The summed E-state index contributed by atoms with van der Waals surface area (Å²) in [6, 6.07) is -0.738. The van der Waals surface area contributed by atoms with Crippen molar-refractivity contribution in [2.45, 2.75) is 19.9 Å². The minimum Gasteiger partial charge on any atom is -1.00 e. The fourth-order valence-electron chi connectivity index (χ4n) is 0.438. The molecule has 0 bridgehead atoms. The van der Waals surface area contributed by atoms with Gasteiger partial charge in [0.2, 0.25) is 5.91 Å². The van der Waals surface area contributed by atoms with Gasteiger partial charge in [-0.3, -0.25) is 4.79 Å². The molecule has 0 aliphatic rings. The molecular formula is C6H12NNaO3. The molecule has 60 valence electrons. The molecule has 0 saturated heterocycles. The van der Waals surface area contributed by atoms with Gasteiger partial charge in [0.15, 0.2) is 0 Å². The largest absolute Gasteiger partial charge is 1.00 e. The van der Waals surface area contributed by atoms with E-state index in [9.17, 15) is 9.59 Å². The third kappa shape index (κ3) is 4.40. The quantitative estimate of drug-likeness (QED) is 0.450. The van der Waals surface area contributed by atoms with Gasteiger partial charge in [0.1, 0.15) is 6.04 Å². The summed E-state index contributed by atoms with van der Waals surface area (Å²) in [7, 11) is 1.46. The summed E-state index contributed by atoms with van der Waals surface area (Å²) in [6.07, 6.45) is 0. The SMILES string of the molecule is CC(=O)N(C)[C@@H](C)C(=O)O.[H-].[Na+]. The van der Waals surface area contributed by atoms with Crippen LogP contribution in [0.25, 0.3) is 0 Å². The zero-order chi connectivity index (χ0) is 8.31. The zero-order valence-electron chi connectivity index (χ0n) is 8.29. The van der Waals surface area contributed by atoms with E-state index in [0.29, 0.717) is 0 Å². The van der Waals surface area contributed by atoms with Gasteiger partial charge in [0.05, 0.1) is 0 Å². The van der Waals surface area contributed by atoms with Crippen molar-refractivity contribution in [1.29, 1.82) is 0 Å². The third-order valence-electron chi connectivity index (χ3n) is 1.44. The monoisotopic (exact) mass is 169 g/mol. The number of carboxylic acids is 1. The summed E-state index contributed by atoms with van der Waals surface area (Å²) < 4.78 is 0. The molecule has 0 fully saturated rings. The first-order valence-corrected chi connectivity index (χ1v) is 2.93. The van der Waals surface area contributed by atoms with Crippen LogP contribution in [0, 0.1) is 0 Å². The molecule has 11 heavy (non-hydrogen) atoms. The Morgan fingerprint density at radius 2 is 1.91 bits per heavy atom. The van der Waals surface area contributed by atoms with Crippen LogP contribution in [-0.4, -0.2) is 35.0 Å². The maximum Gasteiger partial charge on any atom is 1.00 e. The van der Waals surface area contributed by atoms with Crippen LogP contribution >= 0.6 is 0 Å². The predicted octanol–water partition coefficient (Wildman–Crippen LogP) is -2.95. The van der Waals surface area contributed by atoms with Crippen LogP contribution in [0.4, 0.5) is 0 Å². The summed E-state index contributed by atoms with van der Waals surface area (Å²) in [6.45, 7) is 2.79. The van der Waals surface area contributed by atoms with Crippen LogP contribution in [0.5, 0.6) is 0 Å². The smallest absolute Gasteiger partial charge is 1.00 e. The molecule has 0 saturated carbocycles. The van der Waals surface area contributed by atoms with Crippen molar-refractivity contribution < 1.29 is 45.7 Å². The molecule has 0 aliphatic heterocycles. The number of hydrogen-bond acceptors (Lipinski definition) is 2. The Hall–Kier alpha value is -0.0600. The average molecular weight is 169 g/mol. The molecule has 4 nitrogen and oxygen atoms in total. The van der Waals surface area contributed by atoms with Gasteiger partial charge < -0.3 is 11.4 Å². The fraction of sp³-hybridized carbons (Fsp3) is 0.667. The van der Waals surface area contributed by atoms with Gasteiger partial charge in [-0.15, -0.1) is 0 Å². The van der Waals surface area contributed by atoms with E-state index >= 15 is 0 Å². The molecule has 0 aliphatic carbocycles. The van der Waals surface area contributed by atoms with Crippen LogP contribution < -0.4 is 29.6 Å². The molecule has 0 spiro atoms. The van der Waals surface area contributed by atoms with E-state index in [1.807, 2.05) is 0 Å². The Labute approximate surface area is 89.3 Å². The van der Waals surface area contributed by atoms with Crippen LogP contribution in [0.15, 0.2) is 0 Å². The molecular weight excluding hydrogens is 157 g/mol. The Balaban J connectivity index is -0.000000405. The van der Waals surface area contributed by atoms with Crippen molar-refractivity contribution in [1.82, 2.24) is 4.90 Å². The van der Waals surface area contributed by atoms with E-state index in [2.05, 4.69) is 0 Å². The van der Waals surface area contributed by atoms with Crippen molar-refractivity contribution >= 4 is 11.9 Å². The van der Waals surface area contributed by atoms with Gasteiger partial charge in [-0.05, 0) is 6.92 Å². The van der Waals surface area contributed by atoms with E-state index in [-0.39, 0.29) is 36.9 Å². The number of likely N-dealkylation sites (N-methyl/N-ethyl adjacent to an activating group) is 1. The number of nitrogens with zero attached hydrogens (tertiary/aromatic N) is 1. The average Bonchev–Trinajstić information content (AvgIpc) is 1.84. The number of amides is 1. The zero-order valence-corrected chi connectivity index (χ0v) is 9.29. The van der Waals surface area contributed by atoms with E-state index in [0.717, 1.165) is 0 Å². The molecule has 1 N–H and O–H groups in total. The van der Waals surface area contributed by atoms with E-state index < -0.39 is 12.0 Å². The summed E-state index contributed by atoms with van der Waals surface area (Å²) in [4.78, 5) is 22.0. The molecule has 0 rings (SSSR count). The Kier molecular flexibility index (Phi) is 6.85. The Morgan fingerprint density at radius 1 is 1.55 bits per heavy atom. The fourth-order valence-corrected chi connectivity index (χ4v) is 0.438. The van der Waals surface area contributed by atoms with Crippen molar-refractivity contribution in [2.24, 2.45) is 0 Å². The minimum atomic E-state index is -0.988. The first-order chi connectivity index (χ1) is 4.46. The number of carbonyl (C=O) groups is 2. The van der Waals surface area contributed by atoms with Crippen LogP contribution in [-0.2, 0) is 9.59 Å². The second-order valence-electron chi connectivity index (χ2n) is 2.14. The Bertz CT molecular complexity index is 147. The van der Waals surface area contributed by atoms with Gasteiger partial charge in [-0.1, -0.05) is 0 Å². The van der Waals surface area contributed by atoms with Crippen molar-refractivity contribution in [3.05, 3.63) is 0 Å². The summed E-state index contributed by atoms with van der Waals surface area (Å²) >= 11 is 0. The van der Waals surface area contributed by atoms with Gasteiger partial charge in [-0.2, -0.15) is 0 Å². The first kappa shape index (κ1) is 13.5. The van der Waals surface area contributed by atoms with E-state index in [1.54, 1.807) is 0 Å². The molecule has 1 atom stereocenters. The topological polar surface area (TPSA) is 57.6 Å². The van der Waals surface area contributed by atoms with Crippen molar-refractivity contribution in [2.75, 3.05) is 7.05 Å². The van der Waals surface area contributed by atoms with E-state index in [1.165, 1.54) is 25.8 Å². The number of aliphatic carboxylic acids is 1. The van der Waals surface area contributed by atoms with Gasteiger partial charge in [-0.25, -0.2) is 4.79 Å². The molecule has 0 heterocycles. The molecule has 0 aromatic rings. The summed E-state index contributed by atoms with van der Waals surface area (Å²) in [5.74, 6) is -1.23. The molecule has 0 aromatic carbocycles. The normalized spacial score (nSPS) is 11.2. The standard InChI is InChI=1S/C6H11NO3.Na.H/c1-4(6(9)10)7(3)5(2)8;;/h4H,1-3H3,(H,9,10);;/q;+1;-1/t4-;;/m0../s1. The van der Waals surface area contributed by atoms with Crippen LogP contribution in [0.1, 0.15) is 15.3 Å². The second-order valence-corrected chi connectivity index (χ2v) is 2.14. The maximum absolute atomic E-state index is 10.6. The molecule has 0 unspecified atom stereocenters. The van der Waals surface area contributed by atoms with Crippen molar-refractivity contribution in [3.63, 3.8) is 0 Å². The van der Waals surface area contributed by atoms with Gasteiger partial charge in [0, 0.05) is 14.0 Å². The van der Waals surface area contributed by atoms with E-state index in [4.69, 9.17) is 5.11 Å². The number of hydrogen-bond donors (Lipinski definition) is 1. The van der Waals surface area contributed by atoms with Crippen LogP contribution in [0.2, 0.25) is 0 Å². The third-order valence-corrected chi connectivity index (χ3v) is 1.44. The second kappa shape index (κ2) is 5.57. The maximum atomic E-state index is 10.6. The number of carbonyl (C=O) groups excluding carboxylic acids is 1. The number of carboxylic acid groups (broad SMARTS) is 1. The Morgan fingerprint density at radius 3 is 2.00 bits per heavy atom. The van der Waals surface area contributed by atoms with Gasteiger partial charge in [0.25, 0.3) is 0 Å². The number of rotatable bonds is 2. The van der Waals surface area contributed by atoms with Crippen LogP contribution in [0.3, 0.4) is 0 Å².